The Balaban J connectivity index is 1.81. The van der Waals surface area contributed by atoms with Gasteiger partial charge in [0.25, 0.3) is 0 Å². The number of nitrogens with zero attached hydrogens (tertiary/aromatic N) is 3. The molecule has 0 unspecified atom stereocenters. The maximum absolute atomic E-state index is 12.6. The van der Waals surface area contributed by atoms with Gasteiger partial charge in [0.15, 0.2) is 0 Å². The van der Waals surface area contributed by atoms with E-state index in [2.05, 4.69) is 48.3 Å². The first-order chi connectivity index (χ1) is 12.5. The molecular formula is C20H32N4O2. The monoisotopic (exact) mass is 360 g/mol. The summed E-state index contributed by atoms with van der Waals surface area (Å²) in [7, 11) is 1.63. The van der Waals surface area contributed by atoms with E-state index in [0.29, 0.717) is 6.54 Å². The van der Waals surface area contributed by atoms with Crippen LogP contribution < -0.4 is 5.32 Å². The summed E-state index contributed by atoms with van der Waals surface area (Å²) in [5, 5.41) is 2.63. The lowest BCUT2D eigenvalue weighted by Crippen LogP contribution is -2.51. The van der Waals surface area contributed by atoms with Gasteiger partial charge in [-0.1, -0.05) is 31.2 Å². The predicted octanol–water partition coefficient (Wildman–Crippen LogP) is 1.10. The Morgan fingerprint density at radius 3 is 2.42 bits per heavy atom. The van der Waals surface area contributed by atoms with Crippen molar-refractivity contribution in [3.8, 4) is 0 Å². The number of piperazine rings is 1. The van der Waals surface area contributed by atoms with Crippen LogP contribution in [-0.4, -0.2) is 79.4 Å². The normalized spacial score (nSPS) is 15.3. The number of nitrogens with one attached hydrogen (secondary N) is 1. The fourth-order valence-corrected chi connectivity index (χ4v) is 3.29. The average molecular weight is 361 g/mol. The molecule has 0 saturated carbocycles. The summed E-state index contributed by atoms with van der Waals surface area (Å²) in [6, 6.07) is 8.46. The number of rotatable bonds is 8. The summed E-state index contributed by atoms with van der Waals surface area (Å²) >= 11 is 0. The fraction of sp³-hybridized carbons (Fsp3) is 0.600. The summed E-state index contributed by atoms with van der Waals surface area (Å²) in [5.41, 5.74) is 2.67. The molecule has 6 heteroatoms. The highest BCUT2D eigenvalue weighted by atomic mass is 16.2. The molecular weight excluding hydrogens is 328 g/mol. The third kappa shape index (κ3) is 6.11. The van der Waals surface area contributed by atoms with E-state index in [0.717, 1.165) is 45.7 Å². The first kappa shape index (κ1) is 20.4. The topological polar surface area (TPSA) is 55.9 Å². The van der Waals surface area contributed by atoms with E-state index >= 15 is 0 Å². The number of hydrogen-bond acceptors (Lipinski definition) is 4. The SMILES string of the molecule is CCCN(CC(=O)NC)CC(=O)N1CCN(Cc2ccccc2C)CC1. The molecule has 1 N–H and O–H groups in total. The number of amides is 2. The number of aryl methyl sites for hydroxylation is 1. The van der Waals surface area contributed by atoms with Gasteiger partial charge in [-0.2, -0.15) is 0 Å². The number of hydrogen-bond donors (Lipinski definition) is 1. The van der Waals surface area contributed by atoms with Crippen molar-refractivity contribution in [2.24, 2.45) is 0 Å². The highest BCUT2D eigenvalue weighted by molar-refractivity contribution is 5.81. The van der Waals surface area contributed by atoms with E-state index in [-0.39, 0.29) is 18.4 Å². The van der Waals surface area contributed by atoms with Gasteiger partial charge in [0.05, 0.1) is 13.1 Å². The second-order valence-electron chi connectivity index (χ2n) is 6.97. The minimum atomic E-state index is -0.0469. The van der Waals surface area contributed by atoms with Gasteiger partial charge in [-0.15, -0.1) is 0 Å². The Morgan fingerprint density at radius 2 is 1.81 bits per heavy atom. The van der Waals surface area contributed by atoms with Gasteiger partial charge >= 0.3 is 0 Å². The molecule has 6 nitrogen and oxygen atoms in total. The zero-order valence-electron chi connectivity index (χ0n) is 16.3. The van der Waals surface area contributed by atoms with Crippen LogP contribution in [0.3, 0.4) is 0 Å². The maximum Gasteiger partial charge on any atom is 0.236 e. The molecule has 1 aliphatic rings. The van der Waals surface area contributed by atoms with E-state index in [9.17, 15) is 9.59 Å². The van der Waals surface area contributed by atoms with Crippen LogP contribution in [0.4, 0.5) is 0 Å². The summed E-state index contributed by atoms with van der Waals surface area (Å²) in [5.74, 6) is 0.0761. The van der Waals surface area contributed by atoms with E-state index in [1.807, 2.05) is 9.80 Å². The van der Waals surface area contributed by atoms with Gasteiger partial charge in [-0.25, -0.2) is 0 Å². The molecule has 1 fully saturated rings. The number of carbonyl (C=O) groups excluding carboxylic acids is 2. The number of benzene rings is 1. The molecule has 2 amide bonds. The molecule has 144 valence electrons. The summed E-state index contributed by atoms with van der Waals surface area (Å²) in [4.78, 5) is 30.5. The minimum Gasteiger partial charge on any atom is -0.358 e. The smallest absolute Gasteiger partial charge is 0.236 e. The van der Waals surface area contributed by atoms with Crippen molar-refractivity contribution in [1.29, 1.82) is 0 Å². The first-order valence-electron chi connectivity index (χ1n) is 9.51. The Morgan fingerprint density at radius 1 is 1.12 bits per heavy atom. The summed E-state index contributed by atoms with van der Waals surface area (Å²) in [6.45, 7) is 9.79. The Kier molecular flexibility index (Phi) is 8.06. The lowest BCUT2D eigenvalue weighted by atomic mass is 10.1. The molecule has 0 bridgehead atoms. The van der Waals surface area contributed by atoms with Crippen LogP contribution in [-0.2, 0) is 16.1 Å². The van der Waals surface area contributed by atoms with Crippen molar-refractivity contribution in [3.63, 3.8) is 0 Å². The van der Waals surface area contributed by atoms with Crippen LogP contribution in [0.2, 0.25) is 0 Å². The zero-order chi connectivity index (χ0) is 18.9. The van der Waals surface area contributed by atoms with Gasteiger partial charge in [0, 0.05) is 39.8 Å². The Hall–Kier alpha value is -1.92. The Bertz CT molecular complexity index is 597. The van der Waals surface area contributed by atoms with Crippen molar-refractivity contribution < 1.29 is 9.59 Å². The lowest BCUT2D eigenvalue weighted by molar-refractivity contribution is -0.134. The van der Waals surface area contributed by atoms with E-state index < -0.39 is 0 Å². The van der Waals surface area contributed by atoms with Crippen LogP contribution in [0, 0.1) is 6.92 Å². The average Bonchev–Trinajstić information content (AvgIpc) is 2.64. The van der Waals surface area contributed by atoms with Gasteiger partial charge in [0.1, 0.15) is 0 Å². The highest BCUT2D eigenvalue weighted by Gasteiger charge is 2.23. The molecule has 0 radical (unpaired) electrons. The Labute approximate surface area is 157 Å². The van der Waals surface area contributed by atoms with Crippen LogP contribution in [0.1, 0.15) is 24.5 Å². The molecule has 1 aromatic carbocycles. The van der Waals surface area contributed by atoms with Crippen molar-refractivity contribution in [3.05, 3.63) is 35.4 Å². The van der Waals surface area contributed by atoms with Crippen LogP contribution in [0.15, 0.2) is 24.3 Å². The van der Waals surface area contributed by atoms with Gasteiger partial charge in [0.2, 0.25) is 11.8 Å². The van der Waals surface area contributed by atoms with E-state index in [4.69, 9.17) is 0 Å². The van der Waals surface area contributed by atoms with Crippen LogP contribution in [0.25, 0.3) is 0 Å². The van der Waals surface area contributed by atoms with Crippen molar-refractivity contribution in [2.75, 3.05) is 52.9 Å². The lowest BCUT2D eigenvalue weighted by Gasteiger charge is -2.36. The largest absolute Gasteiger partial charge is 0.358 e. The minimum absolute atomic E-state index is 0.0469. The molecule has 0 aliphatic carbocycles. The third-order valence-electron chi connectivity index (χ3n) is 4.92. The second-order valence-corrected chi connectivity index (χ2v) is 6.97. The maximum atomic E-state index is 12.6. The standard InChI is InChI=1S/C20H32N4O2/c1-4-9-23(15-19(25)21-3)16-20(26)24-12-10-22(11-13-24)14-18-8-6-5-7-17(18)2/h5-8H,4,9-16H2,1-3H3,(H,21,25). The third-order valence-corrected chi connectivity index (χ3v) is 4.92. The number of carbonyl (C=O) groups is 2. The molecule has 1 aromatic rings. The van der Waals surface area contributed by atoms with Crippen LogP contribution in [0.5, 0.6) is 0 Å². The predicted molar refractivity (Wildman–Crippen MR) is 104 cm³/mol. The van der Waals surface area contributed by atoms with Crippen molar-refractivity contribution in [1.82, 2.24) is 20.0 Å². The van der Waals surface area contributed by atoms with E-state index in [1.54, 1.807) is 7.05 Å². The molecule has 1 aliphatic heterocycles. The molecule has 26 heavy (non-hydrogen) atoms. The van der Waals surface area contributed by atoms with E-state index in [1.165, 1.54) is 11.1 Å². The second kappa shape index (κ2) is 10.3. The molecule has 1 saturated heterocycles. The van der Waals surface area contributed by atoms with Gasteiger partial charge in [-0.3, -0.25) is 19.4 Å². The molecule has 2 rings (SSSR count). The fourth-order valence-electron chi connectivity index (χ4n) is 3.29. The van der Waals surface area contributed by atoms with Gasteiger partial charge < -0.3 is 10.2 Å². The molecule has 0 aromatic heterocycles. The van der Waals surface area contributed by atoms with Crippen molar-refractivity contribution in [2.45, 2.75) is 26.8 Å². The first-order valence-corrected chi connectivity index (χ1v) is 9.51. The molecule has 1 heterocycles. The zero-order valence-corrected chi connectivity index (χ0v) is 16.3. The molecule has 0 spiro atoms. The summed E-state index contributed by atoms with van der Waals surface area (Å²) in [6.07, 6.45) is 0.925. The number of likely N-dealkylation sites (N-methyl/N-ethyl adjacent to an activating group) is 1. The quantitative estimate of drug-likeness (QED) is 0.754. The van der Waals surface area contributed by atoms with Crippen LogP contribution >= 0.6 is 0 Å². The summed E-state index contributed by atoms with van der Waals surface area (Å²) < 4.78 is 0. The van der Waals surface area contributed by atoms with Gasteiger partial charge in [-0.05, 0) is 31.0 Å². The highest BCUT2D eigenvalue weighted by Crippen LogP contribution is 2.12. The molecule has 0 atom stereocenters. The van der Waals surface area contributed by atoms with Crippen molar-refractivity contribution >= 4 is 11.8 Å².